The fraction of sp³-hybridized carbons (Fsp3) is 0.455. The molecule has 1 saturated carbocycles. The summed E-state index contributed by atoms with van der Waals surface area (Å²) in [7, 11) is 0. The van der Waals surface area contributed by atoms with E-state index in [1.165, 1.54) is 0 Å². The molecule has 1 fully saturated rings. The van der Waals surface area contributed by atoms with E-state index in [9.17, 15) is 4.79 Å². The maximum atomic E-state index is 11.9. The van der Waals surface area contributed by atoms with Crippen molar-refractivity contribution >= 4 is 17.7 Å². The predicted molar refractivity (Wildman–Crippen MR) is 111 cm³/mol. The minimum atomic E-state index is -0.497. The van der Waals surface area contributed by atoms with E-state index in [2.05, 4.69) is 10.3 Å². The van der Waals surface area contributed by atoms with Crippen molar-refractivity contribution in [2.24, 2.45) is 5.41 Å². The lowest BCUT2D eigenvalue weighted by molar-refractivity contribution is 0.0509. The van der Waals surface area contributed by atoms with Gasteiger partial charge in [0.15, 0.2) is 0 Å². The van der Waals surface area contributed by atoms with Gasteiger partial charge in [-0.15, -0.1) is 0 Å². The summed E-state index contributed by atoms with van der Waals surface area (Å²) in [6.07, 6.45) is 3.39. The van der Waals surface area contributed by atoms with Crippen molar-refractivity contribution < 1.29 is 14.3 Å². The molecule has 0 unspecified atom stereocenters. The van der Waals surface area contributed by atoms with Gasteiger partial charge in [-0.2, -0.15) is 0 Å². The van der Waals surface area contributed by atoms with E-state index in [0.29, 0.717) is 18.2 Å². The van der Waals surface area contributed by atoms with Crippen LogP contribution in [0.1, 0.15) is 39.3 Å². The second-order valence-electron chi connectivity index (χ2n) is 8.46. The Morgan fingerprint density at radius 1 is 1.25 bits per heavy atom. The average Bonchev–Trinajstić information content (AvgIpc) is 3.39. The molecule has 0 spiro atoms. The van der Waals surface area contributed by atoms with E-state index in [0.717, 1.165) is 35.4 Å². The van der Waals surface area contributed by atoms with E-state index in [1.807, 2.05) is 58.0 Å². The summed E-state index contributed by atoms with van der Waals surface area (Å²) < 4.78 is 11.3. The van der Waals surface area contributed by atoms with Crippen LogP contribution in [-0.4, -0.2) is 29.8 Å². The molecule has 1 aromatic carbocycles. The van der Waals surface area contributed by atoms with Crippen LogP contribution in [0.25, 0.3) is 11.1 Å². The third-order valence-corrected chi connectivity index (χ3v) is 4.98. The van der Waals surface area contributed by atoms with Crippen molar-refractivity contribution in [3.8, 4) is 16.9 Å². The molecular formula is C22H27ClN2O3. The third-order valence-electron chi connectivity index (χ3n) is 4.73. The van der Waals surface area contributed by atoms with E-state index in [1.54, 1.807) is 6.20 Å². The fourth-order valence-electron chi connectivity index (χ4n) is 2.87. The third kappa shape index (κ3) is 5.61. The lowest BCUT2D eigenvalue weighted by atomic mass is 10.0. The largest absolute Gasteiger partial charge is 0.491 e. The highest BCUT2D eigenvalue weighted by atomic mass is 35.5. The SMILES string of the molecule is Cc1ncc(OCC2(CNC(=O)OC(C)(C)C)CC2)cc1-c1ccc(Cl)cc1. The van der Waals surface area contributed by atoms with Crippen molar-refractivity contribution in [2.45, 2.75) is 46.1 Å². The highest BCUT2D eigenvalue weighted by Gasteiger charge is 2.44. The Balaban J connectivity index is 1.59. The summed E-state index contributed by atoms with van der Waals surface area (Å²) in [5.74, 6) is 0.721. The number of pyridine rings is 1. The van der Waals surface area contributed by atoms with Gasteiger partial charge in [0.05, 0.1) is 12.8 Å². The Bertz CT molecular complexity index is 840. The van der Waals surface area contributed by atoms with E-state index in [-0.39, 0.29) is 11.5 Å². The van der Waals surface area contributed by atoms with Crippen LogP contribution in [0.15, 0.2) is 36.5 Å². The van der Waals surface area contributed by atoms with Crippen LogP contribution in [0.3, 0.4) is 0 Å². The van der Waals surface area contributed by atoms with Gasteiger partial charge in [-0.3, -0.25) is 4.98 Å². The topological polar surface area (TPSA) is 60.5 Å². The van der Waals surface area contributed by atoms with Gasteiger partial charge < -0.3 is 14.8 Å². The zero-order valence-electron chi connectivity index (χ0n) is 16.8. The molecule has 150 valence electrons. The first-order valence-corrected chi connectivity index (χ1v) is 9.86. The van der Waals surface area contributed by atoms with Crippen molar-refractivity contribution in [1.29, 1.82) is 0 Å². The lowest BCUT2D eigenvalue weighted by Gasteiger charge is -2.22. The lowest BCUT2D eigenvalue weighted by Crippen LogP contribution is -2.37. The average molecular weight is 403 g/mol. The van der Waals surface area contributed by atoms with Crippen LogP contribution in [0, 0.1) is 12.3 Å². The van der Waals surface area contributed by atoms with Gasteiger partial charge in [-0.1, -0.05) is 23.7 Å². The Labute approximate surface area is 171 Å². The van der Waals surface area contributed by atoms with Gasteiger partial charge in [0.25, 0.3) is 0 Å². The number of benzene rings is 1. The molecule has 3 rings (SSSR count). The molecular weight excluding hydrogens is 376 g/mol. The van der Waals surface area contributed by atoms with Crippen LogP contribution in [-0.2, 0) is 4.74 Å². The van der Waals surface area contributed by atoms with Crippen LogP contribution in [0.5, 0.6) is 5.75 Å². The fourth-order valence-corrected chi connectivity index (χ4v) is 3.00. The summed E-state index contributed by atoms with van der Waals surface area (Å²) in [5.41, 5.74) is 2.48. The Hall–Kier alpha value is -2.27. The van der Waals surface area contributed by atoms with Crippen molar-refractivity contribution in [2.75, 3.05) is 13.2 Å². The second-order valence-corrected chi connectivity index (χ2v) is 8.89. The van der Waals surface area contributed by atoms with Gasteiger partial charge in [-0.25, -0.2) is 4.79 Å². The number of carbonyl (C=O) groups is 1. The molecule has 5 nitrogen and oxygen atoms in total. The van der Waals surface area contributed by atoms with Gasteiger partial charge in [0, 0.05) is 28.2 Å². The molecule has 0 saturated heterocycles. The van der Waals surface area contributed by atoms with Crippen LogP contribution < -0.4 is 10.1 Å². The highest BCUT2D eigenvalue weighted by molar-refractivity contribution is 6.30. The predicted octanol–water partition coefficient (Wildman–Crippen LogP) is 5.39. The molecule has 0 bridgehead atoms. The van der Waals surface area contributed by atoms with Gasteiger partial charge in [-0.05, 0) is 64.3 Å². The minimum Gasteiger partial charge on any atom is -0.491 e. The maximum absolute atomic E-state index is 11.9. The van der Waals surface area contributed by atoms with Crippen LogP contribution >= 0.6 is 11.6 Å². The summed E-state index contributed by atoms with van der Waals surface area (Å²) in [6, 6.07) is 9.69. The van der Waals surface area contributed by atoms with Crippen molar-refractivity contribution in [3.05, 3.63) is 47.2 Å². The first-order chi connectivity index (χ1) is 13.2. The first-order valence-electron chi connectivity index (χ1n) is 9.48. The molecule has 1 N–H and O–H groups in total. The summed E-state index contributed by atoms with van der Waals surface area (Å²) in [6.45, 7) is 8.61. The van der Waals surface area contributed by atoms with Crippen molar-refractivity contribution in [3.63, 3.8) is 0 Å². The number of ether oxygens (including phenoxy) is 2. The standard InChI is InChI=1S/C22H27ClN2O3/c1-15-19(16-5-7-17(23)8-6-16)11-18(12-24-15)27-14-22(9-10-22)13-25-20(26)28-21(2,3)4/h5-8,11-12H,9-10,13-14H2,1-4H3,(H,25,26). The molecule has 0 radical (unpaired) electrons. The van der Waals surface area contributed by atoms with Crippen LogP contribution in [0.4, 0.5) is 4.79 Å². The maximum Gasteiger partial charge on any atom is 0.407 e. The Morgan fingerprint density at radius 3 is 2.54 bits per heavy atom. The number of amides is 1. The minimum absolute atomic E-state index is 0.0256. The van der Waals surface area contributed by atoms with E-state index < -0.39 is 5.60 Å². The number of hydrogen-bond acceptors (Lipinski definition) is 4. The van der Waals surface area contributed by atoms with Crippen molar-refractivity contribution in [1.82, 2.24) is 10.3 Å². The van der Waals surface area contributed by atoms with Gasteiger partial charge in [0.2, 0.25) is 0 Å². The number of alkyl carbamates (subject to hydrolysis) is 1. The number of halogens is 1. The summed E-state index contributed by atoms with van der Waals surface area (Å²) in [4.78, 5) is 16.3. The molecule has 2 aromatic rings. The summed E-state index contributed by atoms with van der Waals surface area (Å²) in [5, 5.41) is 3.56. The quantitative estimate of drug-likeness (QED) is 0.703. The molecule has 1 aliphatic carbocycles. The number of nitrogens with one attached hydrogen (secondary N) is 1. The number of aromatic nitrogens is 1. The summed E-state index contributed by atoms with van der Waals surface area (Å²) >= 11 is 5.99. The zero-order chi connectivity index (χ0) is 20.4. The van der Waals surface area contributed by atoms with E-state index >= 15 is 0 Å². The van der Waals surface area contributed by atoms with Crippen LogP contribution in [0.2, 0.25) is 5.02 Å². The zero-order valence-corrected chi connectivity index (χ0v) is 17.6. The molecule has 0 atom stereocenters. The first kappa shape index (κ1) is 20.5. The smallest absolute Gasteiger partial charge is 0.407 e. The molecule has 28 heavy (non-hydrogen) atoms. The molecule has 1 aromatic heterocycles. The van der Waals surface area contributed by atoms with Gasteiger partial charge >= 0.3 is 6.09 Å². The highest BCUT2D eigenvalue weighted by Crippen LogP contribution is 2.45. The number of hydrogen-bond donors (Lipinski definition) is 1. The molecule has 1 heterocycles. The number of rotatable bonds is 6. The second kappa shape index (κ2) is 8.00. The Morgan fingerprint density at radius 2 is 1.93 bits per heavy atom. The normalized spacial score (nSPS) is 15.0. The number of carbonyl (C=O) groups excluding carboxylic acids is 1. The molecule has 1 amide bonds. The monoisotopic (exact) mass is 402 g/mol. The Kier molecular flexibility index (Phi) is 5.84. The molecule has 0 aliphatic heterocycles. The van der Waals surface area contributed by atoms with E-state index in [4.69, 9.17) is 21.1 Å². The number of aryl methyl sites for hydroxylation is 1. The molecule has 1 aliphatic rings. The van der Waals surface area contributed by atoms with Gasteiger partial charge in [0.1, 0.15) is 11.4 Å². The number of nitrogens with zero attached hydrogens (tertiary/aromatic N) is 1. The molecule has 6 heteroatoms.